The maximum atomic E-state index is 13.2. The minimum absolute atomic E-state index is 0.214. The van der Waals surface area contributed by atoms with E-state index in [9.17, 15) is 9.50 Å². The van der Waals surface area contributed by atoms with Crippen molar-refractivity contribution in [2.24, 2.45) is 0 Å². The number of halogens is 1. The van der Waals surface area contributed by atoms with Crippen LogP contribution in [-0.4, -0.2) is 5.11 Å². The molecule has 1 aromatic carbocycles. The van der Waals surface area contributed by atoms with Gasteiger partial charge in [0.25, 0.3) is 0 Å². The average Bonchev–Trinajstić information content (AvgIpc) is 2.49. The third kappa shape index (κ3) is 1.45. The van der Waals surface area contributed by atoms with Crippen molar-refractivity contribution in [3.63, 3.8) is 0 Å². The zero-order valence-electron chi connectivity index (χ0n) is 7.12. The van der Waals surface area contributed by atoms with E-state index in [0.29, 0.717) is 4.70 Å². The summed E-state index contributed by atoms with van der Waals surface area (Å²) in [6.07, 6.45) is -0.517. The minimum Gasteiger partial charge on any atom is -0.388 e. The fourth-order valence-corrected chi connectivity index (χ4v) is 2.26. The number of rotatable bonds is 1. The first-order valence-corrected chi connectivity index (χ1v) is 4.86. The number of aliphatic hydroxyl groups is 1. The Bertz CT molecular complexity index is 433. The largest absolute Gasteiger partial charge is 0.388 e. The van der Waals surface area contributed by atoms with Crippen molar-refractivity contribution < 1.29 is 9.50 Å². The second-order valence-electron chi connectivity index (χ2n) is 2.98. The highest BCUT2D eigenvalue weighted by atomic mass is 32.1. The predicted molar refractivity (Wildman–Crippen MR) is 52.4 cm³/mol. The summed E-state index contributed by atoms with van der Waals surface area (Å²) in [5, 5.41) is 10.2. The Morgan fingerprint density at radius 1 is 1.46 bits per heavy atom. The highest BCUT2D eigenvalue weighted by Crippen LogP contribution is 2.31. The molecule has 3 heteroatoms. The van der Waals surface area contributed by atoms with Crippen LogP contribution in [-0.2, 0) is 0 Å². The molecule has 1 nitrogen and oxygen atoms in total. The normalized spacial score (nSPS) is 13.5. The SMILES string of the molecule is CC(O)c1cc2cccc(F)c2s1. The molecule has 0 bridgehead atoms. The molecule has 1 heterocycles. The van der Waals surface area contributed by atoms with Crippen molar-refractivity contribution in [3.05, 3.63) is 35.0 Å². The summed E-state index contributed by atoms with van der Waals surface area (Å²) in [6, 6.07) is 6.79. The zero-order chi connectivity index (χ0) is 9.42. The van der Waals surface area contributed by atoms with Crippen molar-refractivity contribution in [2.45, 2.75) is 13.0 Å². The topological polar surface area (TPSA) is 20.2 Å². The quantitative estimate of drug-likeness (QED) is 0.743. The van der Waals surface area contributed by atoms with Gasteiger partial charge in [0, 0.05) is 4.88 Å². The number of benzene rings is 1. The monoisotopic (exact) mass is 196 g/mol. The van der Waals surface area contributed by atoms with Crippen LogP contribution in [0.15, 0.2) is 24.3 Å². The number of fused-ring (bicyclic) bond motifs is 1. The summed E-state index contributed by atoms with van der Waals surface area (Å²) in [5.74, 6) is -0.214. The third-order valence-electron chi connectivity index (χ3n) is 1.93. The van der Waals surface area contributed by atoms with Crippen molar-refractivity contribution >= 4 is 21.4 Å². The number of thiophene rings is 1. The number of aliphatic hydroxyl groups excluding tert-OH is 1. The summed E-state index contributed by atoms with van der Waals surface area (Å²) >= 11 is 1.31. The zero-order valence-corrected chi connectivity index (χ0v) is 7.94. The lowest BCUT2D eigenvalue weighted by molar-refractivity contribution is 0.203. The molecule has 0 spiro atoms. The molecule has 1 atom stereocenters. The minimum atomic E-state index is -0.517. The van der Waals surface area contributed by atoms with E-state index in [4.69, 9.17) is 0 Å². The Hall–Kier alpha value is -0.930. The van der Waals surface area contributed by atoms with Crippen LogP contribution in [0.3, 0.4) is 0 Å². The van der Waals surface area contributed by atoms with E-state index in [2.05, 4.69) is 0 Å². The van der Waals surface area contributed by atoms with Gasteiger partial charge >= 0.3 is 0 Å². The molecular weight excluding hydrogens is 187 g/mol. The first kappa shape index (κ1) is 8.66. The molecule has 0 aliphatic heterocycles. The van der Waals surface area contributed by atoms with Gasteiger partial charge in [0.2, 0.25) is 0 Å². The first-order chi connectivity index (χ1) is 6.18. The van der Waals surface area contributed by atoms with Crippen LogP contribution in [0, 0.1) is 5.82 Å². The van der Waals surface area contributed by atoms with Crippen LogP contribution < -0.4 is 0 Å². The Kier molecular flexibility index (Phi) is 2.06. The van der Waals surface area contributed by atoms with Gasteiger partial charge in [0.05, 0.1) is 10.8 Å². The Morgan fingerprint density at radius 3 is 2.85 bits per heavy atom. The lowest BCUT2D eigenvalue weighted by Crippen LogP contribution is -1.83. The summed E-state index contributed by atoms with van der Waals surface area (Å²) in [4.78, 5) is 0.806. The van der Waals surface area contributed by atoms with Gasteiger partial charge in [-0.2, -0.15) is 0 Å². The standard InChI is InChI=1S/C10H9FOS/c1-6(12)9-5-7-3-2-4-8(11)10(7)13-9/h2-6,12H,1H3. The Labute approximate surface area is 79.4 Å². The lowest BCUT2D eigenvalue weighted by Gasteiger charge is -1.95. The molecule has 1 N–H and O–H groups in total. The lowest BCUT2D eigenvalue weighted by atomic mass is 10.2. The molecule has 0 saturated heterocycles. The van der Waals surface area contributed by atoms with E-state index in [1.807, 2.05) is 12.1 Å². The van der Waals surface area contributed by atoms with E-state index in [-0.39, 0.29) is 5.82 Å². The molecule has 13 heavy (non-hydrogen) atoms. The van der Waals surface area contributed by atoms with Crippen molar-refractivity contribution in [2.75, 3.05) is 0 Å². The molecule has 0 saturated carbocycles. The molecule has 0 aliphatic rings. The predicted octanol–water partition coefficient (Wildman–Crippen LogP) is 3.09. The van der Waals surface area contributed by atoms with Crippen LogP contribution in [0.1, 0.15) is 17.9 Å². The molecule has 1 unspecified atom stereocenters. The maximum Gasteiger partial charge on any atom is 0.140 e. The summed E-state index contributed by atoms with van der Waals surface area (Å²) in [7, 11) is 0. The van der Waals surface area contributed by atoms with Gasteiger partial charge in [-0.3, -0.25) is 0 Å². The summed E-state index contributed by atoms with van der Waals surface area (Å²) < 4.78 is 13.8. The fourth-order valence-electron chi connectivity index (χ4n) is 1.25. The van der Waals surface area contributed by atoms with E-state index in [1.54, 1.807) is 13.0 Å². The van der Waals surface area contributed by atoms with Crippen LogP contribution in [0.4, 0.5) is 4.39 Å². The number of hydrogen-bond acceptors (Lipinski definition) is 2. The number of hydrogen-bond donors (Lipinski definition) is 1. The first-order valence-electron chi connectivity index (χ1n) is 4.04. The summed E-state index contributed by atoms with van der Waals surface area (Å²) in [6.45, 7) is 1.68. The van der Waals surface area contributed by atoms with Gasteiger partial charge < -0.3 is 5.11 Å². The fraction of sp³-hybridized carbons (Fsp3) is 0.200. The van der Waals surface area contributed by atoms with Gasteiger partial charge in [-0.25, -0.2) is 4.39 Å². The molecule has 0 aliphatic carbocycles. The van der Waals surface area contributed by atoms with Gasteiger partial charge in [-0.1, -0.05) is 12.1 Å². The molecule has 1 aromatic heterocycles. The van der Waals surface area contributed by atoms with E-state index in [1.165, 1.54) is 17.4 Å². The van der Waals surface area contributed by atoms with Crippen molar-refractivity contribution in [3.8, 4) is 0 Å². The van der Waals surface area contributed by atoms with Gasteiger partial charge in [-0.05, 0) is 24.4 Å². The molecule has 0 radical (unpaired) electrons. The molecule has 2 rings (SSSR count). The highest BCUT2D eigenvalue weighted by Gasteiger charge is 2.08. The molecule has 0 amide bonds. The smallest absolute Gasteiger partial charge is 0.140 e. The van der Waals surface area contributed by atoms with Gasteiger partial charge in [0.1, 0.15) is 5.82 Å². The summed E-state index contributed by atoms with van der Waals surface area (Å²) in [5.41, 5.74) is 0. The van der Waals surface area contributed by atoms with E-state index >= 15 is 0 Å². The second-order valence-corrected chi connectivity index (χ2v) is 4.07. The van der Waals surface area contributed by atoms with Crippen LogP contribution in [0.5, 0.6) is 0 Å². The molecule has 2 aromatic rings. The van der Waals surface area contributed by atoms with Crippen LogP contribution in [0.25, 0.3) is 10.1 Å². The Morgan fingerprint density at radius 2 is 2.23 bits per heavy atom. The average molecular weight is 196 g/mol. The van der Waals surface area contributed by atoms with E-state index < -0.39 is 6.10 Å². The van der Waals surface area contributed by atoms with E-state index in [0.717, 1.165) is 10.3 Å². The molecule has 0 fully saturated rings. The van der Waals surface area contributed by atoms with Gasteiger partial charge in [-0.15, -0.1) is 11.3 Å². The van der Waals surface area contributed by atoms with Crippen molar-refractivity contribution in [1.29, 1.82) is 0 Å². The Balaban J connectivity index is 2.68. The molecular formula is C10H9FOS. The maximum absolute atomic E-state index is 13.2. The van der Waals surface area contributed by atoms with Gasteiger partial charge in [0.15, 0.2) is 0 Å². The second kappa shape index (κ2) is 3.09. The van der Waals surface area contributed by atoms with Crippen molar-refractivity contribution in [1.82, 2.24) is 0 Å². The highest BCUT2D eigenvalue weighted by molar-refractivity contribution is 7.19. The van der Waals surface area contributed by atoms with Crippen LogP contribution >= 0.6 is 11.3 Å². The van der Waals surface area contributed by atoms with Crippen LogP contribution in [0.2, 0.25) is 0 Å². The molecule has 68 valence electrons. The third-order valence-corrected chi connectivity index (χ3v) is 3.26.